The molecule has 2 rings (SSSR count). The predicted molar refractivity (Wildman–Crippen MR) is 84.8 cm³/mol. The van der Waals surface area contributed by atoms with E-state index in [1.165, 1.54) is 30.0 Å². The van der Waals surface area contributed by atoms with Crippen molar-refractivity contribution in [2.75, 3.05) is 11.5 Å². The molecule has 2 aromatic rings. The number of hydrogen-bond donors (Lipinski definition) is 2. The second-order valence-electron chi connectivity index (χ2n) is 4.37. The van der Waals surface area contributed by atoms with Gasteiger partial charge in [0.25, 0.3) is 0 Å². The quantitative estimate of drug-likeness (QED) is 0.654. The zero-order chi connectivity index (χ0) is 15.2. The number of hydrogen-bond acceptors (Lipinski definition) is 3. The van der Waals surface area contributed by atoms with Crippen molar-refractivity contribution in [3.63, 3.8) is 0 Å². The molecule has 1 amide bonds. The zero-order valence-electron chi connectivity index (χ0n) is 11.1. The molecule has 110 valence electrons. The van der Waals surface area contributed by atoms with Crippen LogP contribution in [-0.2, 0) is 11.3 Å². The number of thioether (sulfide) groups is 1. The second kappa shape index (κ2) is 7.33. The summed E-state index contributed by atoms with van der Waals surface area (Å²) in [6.45, 7) is 0.426. The average Bonchev–Trinajstić information content (AvgIpc) is 2.47. The van der Waals surface area contributed by atoms with E-state index in [1.807, 2.05) is 12.1 Å². The van der Waals surface area contributed by atoms with Gasteiger partial charge in [-0.2, -0.15) is 0 Å². The summed E-state index contributed by atoms with van der Waals surface area (Å²) < 4.78 is 13.1. The highest BCUT2D eigenvalue weighted by Gasteiger charge is 2.06. The Morgan fingerprint density at radius 1 is 1.24 bits per heavy atom. The van der Waals surface area contributed by atoms with Gasteiger partial charge in [-0.15, -0.1) is 11.8 Å². The van der Waals surface area contributed by atoms with Crippen molar-refractivity contribution in [2.45, 2.75) is 11.4 Å². The van der Waals surface area contributed by atoms with Crippen LogP contribution in [0.3, 0.4) is 0 Å². The predicted octanol–water partition coefficient (Wildman–Crippen LogP) is 3.47. The molecule has 0 aromatic heterocycles. The molecule has 0 radical (unpaired) electrons. The van der Waals surface area contributed by atoms with Crippen LogP contribution in [0.1, 0.15) is 5.56 Å². The summed E-state index contributed by atoms with van der Waals surface area (Å²) in [5, 5.41) is 3.44. The first-order valence-electron chi connectivity index (χ1n) is 6.23. The van der Waals surface area contributed by atoms with Gasteiger partial charge in [0.1, 0.15) is 5.82 Å². The second-order valence-corrected chi connectivity index (χ2v) is 5.83. The fraction of sp³-hybridized carbons (Fsp3) is 0.133. The van der Waals surface area contributed by atoms with Crippen LogP contribution in [-0.4, -0.2) is 11.7 Å². The number of carbonyl (C=O) groups excluding carboxylic acids is 1. The summed E-state index contributed by atoms with van der Waals surface area (Å²) in [6, 6.07) is 11.3. The monoisotopic (exact) mass is 324 g/mol. The van der Waals surface area contributed by atoms with Gasteiger partial charge in [-0.1, -0.05) is 23.7 Å². The van der Waals surface area contributed by atoms with Crippen molar-refractivity contribution in [1.29, 1.82) is 0 Å². The van der Waals surface area contributed by atoms with Crippen molar-refractivity contribution in [2.24, 2.45) is 0 Å². The van der Waals surface area contributed by atoms with E-state index < -0.39 is 0 Å². The first-order chi connectivity index (χ1) is 10.0. The molecule has 0 aliphatic carbocycles. The molecule has 0 fully saturated rings. The Kier molecular flexibility index (Phi) is 5.47. The number of nitrogen functional groups attached to an aromatic ring is 1. The Morgan fingerprint density at radius 3 is 2.67 bits per heavy atom. The Balaban J connectivity index is 1.82. The van der Waals surface area contributed by atoms with Crippen LogP contribution in [0.2, 0.25) is 5.02 Å². The van der Waals surface area contributed by atoms with Crippen molar-refractivity contribution in [1.82, 2.24) is 5.32 Å². The molecule has 0 aliphatic rings. The van der Waals surface area contributed by atoms with E-state index in [2.05, 4.69) is 5.32 Å². The van der Waals surface area contributed by atoms with Crippen LogP contribution >= 0.6 is 23.4 Å². The van der Waals surface area contributed by atoms with Gasteiger partial charge in [0.2, 0.25) is 5.91 Å². The van der Waals surface area contributed by atoms with Gasteiger partial charge in [-0.3, -0.25) is 4.79 Å². The summed E-state index contributed by atoms with van der Waals surface area (Å²) in [6.07, 6.45) is 0. The molecule has 3 nitrogen and oxygen atoms in total. The smallest absolute Gasteiger partial charge is 0.230 e. The number of anilines is 1. The maximum absolute atomic E-state index is 13.1. The van der Waals surface area contributed by atoms with Crippen LogP contribution in [0.25, 0.3) is 0 Å². The molecule has 3 N–H and O–H groups in total. The maximum Gasteiger partial charge on any atom is 0.230 e. The Hall–Kier alpha value is -1.72. The minimum atomic E-state index is -0.367. The molecule has 0 bridgehead atoms. The summed E-state index contributed by atoms with van der Waals surface area (Å²) in [7, 11) is 0. The minimum absolute atomic E-state index is 0.140. The fourth-order valence-electron chi connectivity index (χ4n) is 1.63. The van der Waals surface area contributed by atoms with E-state index in [1.54, 1.807) is 12.1 Å². The van der Waals surface area contributed by atoms with E-state index in [-0.39, 0.29) is 17.5 Å². The molecular weight excluding hydrogens is 311 g/mol. The van der Waals surface area contributed by atoms with Gasteiger partial charge in [0.05, 0.1) is 5.75 Å². The molecule has 21 heavy (non-hydrogen) atoms. The Bertz CT molecular complexity index is 634. The number of benzene rings is 2. The molecule has 0 spiro atoms. The van der Waals surface area contributed by atoms with Gasteiger partial charge in [0, 0.05) is 22.2 Å². The van der Waals surface area contributed by atoms with Crippen molar-refractivity contribution in [3.05, 3.63) is 58.9 Å². The number of carbonyl (C=O) groups is 1. The lowest BCUT2D eigenvalue weighted by Gasteiger charge is -2.07. The molecule has 2 aromatic carbocycles. The number of amides is 1. The van der Waals surface area contributed by atoms with Gasteiger partial charge in [-0.05, 0) is 35.9 Å². The molecule has 0 saturated carbocycles. The lowest BCUT2D eigenvalue weighted by molar-refractivity contribution is -0.118. The topological polar surface area (TPSA) is 55.1 Å². The zero-order valence-corrected chi connectivity index (χ0v) is 12.7. The van der Waals surface area contributed by atoms with Gasteiger partial charge < -0.3 is 11.1 Å². The normalized spacial score (nSPS) is 10.4. The summed E-state index contributed by atoms with van der Waals surface area (Å²) in [5.74, 6) is -0.326. The summed E-state index contributed by atoms with van der Waals surface area (Å²) >= 11 is 7.00. The first-order valence-corrected chi connectivity index (χ1v) is 7.60. The van der Waals surface area contributed by atoms with Gasteiger partial charge in [0.15, 0.2) is 0 Å². The van der Waals surface area contributed by atoms with E-state index in [0.717, 1.165) is 5.56 Å². The molecule has 0 unspecified atom stereocenters. The van der Waals surface area contributed by atoms with Crippen molar-refractivity contribution in [3.8, 4) is 0 Å². The van der Waals surface area contributed by atoms with Gasteiger partial charge >= 0.3 is 0 Å². The SMILES string of the molecule is Nc1ccc(F)cc1SCC(=O)NCc1ccc(Cl)cc1. The van der Waals surface area contributed by atoms with E-state index in [4.69, 9.17) is 17.3 Å². The minimum Gasteiger partial charge on any atom is -0.398 e. The average molecular weight is 325 g/mol. The molecule has 0 saturated heterocycles. The van der Waals surface area contributed by atoms with Crippen molar-refractivity contribution < 1.29 is 9.18 Å². The third kappa shape index (κ3) is 4.95. The standard InChI is InChI=1S/C15H14ClFN2OS/c16-11-3-1-10(2-4-11)8-19-15(20)9-21-14-7-12(17)5-6-13(14)18/h1-7H,8-9,18H2,(H,19,20). The van der Waals surface area contributed by atoms with E-state index in [9.17, 15) is 9.18 Å². The largest absolute Gasteiger partial charge is 0.398 e. The fourth-order valence-corrected chi connectivity index (χ4v) is 2.58. The van der Waals surface area contributed by atoms with E-state index >= 15 is 0 Å². The number of nitrogens with one attached hydrogen (secondary N) is 1. The third-order valence-corrected chi connectivity index (χ3v) is 4.06. The molecular formula is C15H14ClFN2OS. The van der Waals surface area contributed by atoms with E-state index in [0.29, 0.717) is 22.2 Å². The lowest BCUT2D eigenvalue weighted by atomic mass is 10.2. The van der Waals surface area contributed by atoms with Gasteiger partial charge in [-0.25, -0.2) is 4.39 Å². The molecule has 6 heteroatoms. The Morgan fingerprint density at radius 2 is 1.95 bits per heavy atom. The van der Waals surface area contributed by atoms with Crippen LogP contribution < -0.4 is 11.1 Å². The molecule has 0 atom stereocenters. The lowest BCUT2D eigenvalue weighted by Crippen LogP contribution is -2.24. The number of halogens is 2. The van der Waals surface area contributed by atoms with Crippen LogP contribution in [0.4, 0.5) is 10.1 Å². The first kappa shape index (κ1) is 15.7. The van der Waals surface area contributed by atoms with Crippen LogP contribution in [0.5, 0.6) is 0 Å². The highest BCUT2D eigenvalue weighted by Crippen LogP contribution is 2.25. The summed E-state index contributed by atoms with van der Waals surface area (Å²) in [4.78, 5) is 12.3. The number of rotatable bonds is 5. The maximum atomic E-state index is 13.1. The Labute approximate surface area is 131 Å². The number of nitrogens with two attached hydrogens (primary N) is 1. The van der Waals surface area contributed by atoms with Crippen LogP contribution in [0.15, 0.2) is 47.4 Å². The third-order valence-electron chi connectivity index (χ3n) is 2.74. The molecule has 0 heterocycles. The molecule has 0 aliphatic heterocycles. The highest BCUT2D eigenvalue weighted by atomic mass is 35.5. The summed E-state index contributed by atoms with van der Waals surface area (Å²) in [5.41, 5.74) is 7.15. The highest BCUT2D eigenvalue weighted by molar-refractivity contribution is 8.00. The van der Waals surface area contributed by atoms with Crippen LogP contribution in [0, 0.1) is 5.82 Å². The van der Waals surface area contributed by atoms with Crippen molar-refractivity contribution >= 4 is 35.0 Å².